The molecule has 1 amide bonds. The molecule has 3 aliphatic rings. The quantitative estimate of drug-likeness (QED) is 0.211. The first-order valence-corrected chi connectivity index (χ1v) is 13.8. The summed E-state index contributed by atoms with van der Waals surface area (Å²) in [5.74, 6) is -6.70. The van der Waals surface area contributed by atoms with Gasteiger partial charge in [0.15, 0.2) is 11.4 Å². The number of hydrogen-bond acceptors (Lipinski definition) is 10. The van der Waals surface area contributed by atoms with Gasteiger partial charge in [-0.15, -0.1) is 0 Å². The first kappa shape index (κ1) is 29.2. The van der Waals surface area contributed by atoms with Gasteiger partial charge in [-0.25, -0.2) is 0 Å². The molecule has 0 saturated heterocycles. The number of anilines is 2. The van der Waals surface area contributed by atoms with E-state index in [1.54, 1.807) is 20.2 Å². The maximum atomic E-state index is 14.1. The van der Waals surface area contributed by atoms with Crippen molar-refractivity contribution in [3.8, 4) is 5.75 Å². The van der Waals surface area contributed by atoms with Crippen molar-refractivity contribution in [3.05, 3.63) is 75.8 Å². The Hall–Kier alpha value is -4.35. The standard InChI is InChI=1S/C31H36N4O7/c1-34(2)20-14-19(33-11-10-15-8-6-5-7-9-15)25(36)22-17(20)12-16-13-18-24(35(3)4)27(38)23(30(32)41)29(40)31(18,42)28(39)21(16)26(22)37/h5-9,14,16,18,24,33,36,38-39,42H,10-13H2,1-4H3,(H2,32,41). The first-order chi connectivity index (χ1) is 19.8. The highest BCUT2D eigenvalue weighted by molar-refractivity contribution is 6.25. The number of nitrogens with zero attached hydrogens (tertiary/aromatic N) is 2. The summed E-state index contributed by atoms with van der Waals surface area (Å²) in [7, 11) is 6.84. The summed E-state index contributed by atoms with van der Waals surface area (Å²) in [5.41, 5.74) is 4.39. The molecule has 0 spiro atoms. The number of carbonyl (C=O) groups is 3. The van der Waals surface area contributed by atoms with E-state index in [-0.39, 0.29) is 29.7 Å². The maximum Gasteiger partial charge on any atom is 0.255 e. The Morgan fingerprint density at radius 1 is 1.10 bits per heavy atom. The van der Waals surface area contributed by atoms with Crippen LogP contribution in [0.1, 0.15) is 27.9 Å². The molecule has 7 N–H and O–H groups in total. The van der Waals surface area contributed by atoms with Gasteiger partial charge in [-0.1, -0.05) is 30.3 Å². The predicted molar refractivity (Wildman–Crippen MR) is 157 cm³/mol. The average Bonchev–Trinajstić information content (AvgIpc) is 2.92. The second kappa shape index (κ2) is 10.5. The summed E-state index contributed by atoms with van der Waals surface area (Å²) < 4.78 is 0. The number of ketones is 2. The van der Waals surface area contributed by atoms with Gasteiger partial charge in [-0.2, -0.15) is 0 Å². The van der Waals surface area contributed by atoms with Gasteiger partial charge >= 0.3 is 0 Å². The van der Waals surface area contributed by atoms with Gasteiger partial charge in [0.05, 0.1) is 17.3 Å². The van der Waals surface area contributed by atoms with Crippen LogP contribution in [0.2, 0.25) is 0 Å². The molecular weight excluding hydrogens is 540 g/mol. The molecule has 0 aliphatic heterocycles. The minimum atomic E-state index is -2.67. The molecule has 11 heteroatoms. The fourth-order valence-electron chi connectivity index (χ4n) is 6.82. The molecule has 11 nitrogen and oxygen atoms in total. The number of rotatable bonds is 7. The normalized spacial score (nSPS) is 25.2. The van der Waals surface area contributed by atoms with Crippen LogP contribution in [0.5, 0.6) is 5.75 Å². The van der Waals surface area contributed by atoms with E-state index >= 15 is 0 Å². The molecule has 0 bridgehead atoms. The van der Waals surface area contributed by atoms with Gasteiger partial charge in [0.2, 0.25) is 5.78 Å². The number of hydrogen-bond donors (Lipinski definition) is 6. The lowest BCUT2D eigenvalue weighted by Crippen LogP contribution is -2.63. The van der Waals surface area contributed by atoms with Crippen LogP contribution in [0.25, 0.3) is 0 Å². The molecule has 3 aliphatic carbocycles. The third-order valence-corrected chi connectivity index (χ3v) is 8.75. The molecule has 5 rings (SSSR count). The number of primary amides is 1. The minimum Gasteiger partial charge on any atom is -0.510 e. The van der Waals surface area contributed by atoms with Crippen LogP contribution in [-0.4, -0.2) is 89.2 Å². The van der Waals surface area contributed by atoms with E-state index in [0.717, 1.165) is 5.56 Å². The molecule has 4 atom stereocenters. The van der Waals surface area contributed by atoms with Crippen LogP contribution in [0.4, 0.5) is 11.4 Å². The number of aliphatic hydroxyl groups excluding tert-OH is 2. The van der Waals surface area contributed by atoms with E-state index in [9.17, 15) is 34.8 Å². The summed E-state index contributed by atoms with van der Waals surface area (Å²) >= 11 is 0. The largest absolute Gasteiger partial charge is 0.510 e. The van der Waals surface area contributed by atoms with Crippen LogP contribution in [0, 0.1) is 11.8 Å². The zero-order chi connectivity index (χ0) is 30.7. The van der Waals surface area contributed by atoms with Crippen molar-refractivity contribution in [1.29, 1.82) is 0 Å². The molecule has 2 aromatic rings. The van der Waals surface area contributed by atoms with E-state index in [4.69, 9.17) is 5.73 Å². The summed E-state index contributed by atoms with van der Waals surface area (Å²) in [5, 5.41) is 48.8. The smallest absolute Gasteiger partial charge is 0.255 e. The van der Waals surface area contributed by atoms with Gasteiger partial charge in [0.1, 0.15) is 22.8 Å². The van der Waals surface area contributed by atoms with Crippen LogP contribution in [0.3, 0.4) is 0 Å². The molecular formula is C31H36N4O7. The third-order valence-electron chi connectivity index (χ3n) is 8.75. The van der Waals surface area contributed by atoms with Crippen molar-refractivity contribution >= 4 is 28.8 Å². The average molecular weight is 577 g/mol. The second-order valence-electron chi connectivity index (χ2n) is 11.7. The number of nitrogens with one attached hydrogen (secondary N) is 1. The van der Waals surface area contributed by atoms with Gasteiger partial charge in [0.25, 0.3) is 5.91 Å². The number of aliphatic hydroxyl groups is 3. The fourth-order valence-corrected chi connectivity index (χ4v) is 6.82. The number of carbonyl (C=O) groups excluding carboxylic acids is 3. The summed E-state index contributed by atoms with van der Waals surface area (Å²) in [6.07, 6.45) is 0.930. The van der Waals surface area contributed by atoms with Crippen molar-refractivity contribution < 1.29 is 34.8 Å². The number of phenolic OH excluding ortho intramolecular Hbond substituents is 1. The second-order valence-corrected chi connectivity index (χ2v) is 11.7. The highest BCUT2D eigenvalue weighted by Crippen LogP contribution is 2.53. The van der Waals surface area contributed by atoms with Crippen molar-refractivity contribution in [2.45, 2.75) is 30.9 Å². The van der Waals surface area contributed by atoms with Crippen LogP contribution < -0.4 is 16.0 Å². The molecule has 222 valence electrons. The molecule has 4 unspecified atom stereocenters. The molecule has 0 fully saturated rings. The van der Waals surface area contributed by atoms with E-state index in [1.165, 1.54) is 4.90 Å². The lowest BCUT2D eigenvalue weighted by molar-refractivity contribution is -0.148. The molecule has 0 aromatic heterocycles. The number of Topliss-reactive ketones (excluding diaryl/α,β-unsaturated/α-hetero) is 2. The number of phenols is 1. The zero-order valence-corrected chi connectivity index (χ0v) is 24.0. The molecule has 2 aromatic carbocycles. The number of likely N-dealkylation sites (N-methyl/N-ethyl adjacent to an activating group) is 1. The third kappa shape index (κ3) is 4.31. The Labute approximate surface area is 243 Å². The fraction of sp³-hybridized carbons (Fsp3) is 0.387. The Morgan fingerprint density at radius 3 is 2.36 bits per heavy atom. The van der Waals surface area contributed by atoms with E-state index < -0.39 is 58.0 Å². The van der Waals surface area contributed by atoms with E-state index in [2.05, 4.69) is 5.32 Å². The van der Waals surface area contributed by atoms with E-state index in [1.807, 2.05) is 49.3 Å². The van der Waals surface area contributed by atoms with Crippen molar-refractivity contribution in [2.75, 3.05) is 45.0 Å². The SMILES string of the molecule is CN(C)c1cc(NCCc2ccccc2)c(O)c2c1CC1CC3C(N(C)C)C(O)=C(C(N)=O)C(=O)C3(O)C(O)=C1C2=O. The van der Waals surface area contributed by atoms with Gasteiger partial charge in [-0.3, -0.25) is 19.3 Å². The molecule has 0 heterocycles. The Kier molecular flexibility index (Phi) is 7.28. The lowest BCUT2D eigenvalue weighted by Gasteiger charge is -2.50. The number of amides is 1. The van der Waals surface area contributed by atoms with Crippen LogP contribution >= 0.6 is 0 Å². The highest BCUT2D eigenvalue weighted by atomic mass is 16.3. The van der Waals surface area contributed by atoms with Crippen molar-refractivity contribution in [3.63, 3.8) is 0 Å². The van der Waals surface area contributed by atoms with Gasteiger partial charge < -0.3 is 36.4 Å². The number of allylic oxidation sites excluding steroid dienone is 1. The number of nitrogens with two attached hydrogens (primary N) is 1. The van der Waals surface area contributed by atoms with Crippen LogP contribution in [0.15, 0.2) is 59.1 Å². The maximum absolute atomic E-state index is 14.1. The van der Waals surface area contributed by atoms with Gasteiger partial charge in [0, 0.05) is 37.8 Å². The van der Waals surface area contributed by atoms with E-state index in [0.29, 0.717) is 29.9 Å². The van der Waals surface area contributed by atoms with Crippen LogP contribution in [-0.2, 0) is 22.4 Å². The summed E-state index contributed by atoms with van der Waals surface area (Å²) in [6.45, 7) is 0.474. The Bertz CT molecular complexity index is 1550. The first-order valence-electron chi connectivity index (χ1n) is 13.8. The van der Waals surface area contributed by atoms with Crippen molar-refractivity contribution in [1.82, 2.24) is 4.90 Å². The molecule has 0 radical (unpaired) electrons. The molecule has 42 heavy (non-hydrogen) atoms. The Morgan fingerprint density at radius 2 is 1.76 bits per heavy atom. The number of aromatic hydroxyl groups is 1. The Balaban J connectivity index is 1.61. The zero-order valence-electron chi connectivity index (χ0n) is 24.0. The number of fused-ring (bicyclic) bond motifs is 3. The topological polar surface area (TPSA) is 177 Å². The lowest BCUT2D eigenvalue weighted by atomic mass is 9.58. The predicted octanol–water partition coefficient (Wildman–Crippen LogP) is 1.84. The summed E-state index contributed by atoms with van der Waals surface area (Å²) in [6, 6.07) is 10.5. The highest BCUT2D eigenvalue weighted by Gasteiger charge is 2.63. The minimum absolute atomic E-state index is 0.0239. The summed E-state index contributed by atoms with van der Waals surface area (Å²) in [4.78, 5) is 43.1. The van der Waals surface area contributed by atoms with Gasteiger partial charge in [-0.05, 0) is 56.5 Å². The molecule has 0 saturated carbocycles. The monoisotopic (exact) mass is 576 g/mol. The van der Waals surface area contributed by atoms with Crippen molar-refractivity contribution in [2.24, 2.45) is 17.6 Å². The number of benzene rings is 2.